The first-order valence-electron chi connectivity index (χ1n) is 10.5. The summed E-state index contributed by atoms with van der Waals surface area (Å²) in [4.78, 5) is 24.0. The van der Waals surface area contributed by atoms with Gasteiger partial charge in [0.1, 0.15) is 0 Å². The molecule has 188 valence electrons. The zero-order valence-corrected chi connectivity index (χ0v) is 20.5. The molecule has 0 saturated carbocycles. The third-order valence-electron chi connectivity index (χ3n) is 5.23. The zero-order valence-electron chi connectivity index (χ0n) is 20.5. The Morgan fingerprint density at radius 2 is 1.48 bits per heavy atom. The number of carbonyl (C=O) groups is 2. The molecule has 0 aliphatic carbocycles. The Bertz CT molecular complexity index is 822. The fourth-order valence-electron chi connectivity index (χ4n) is 4.15. The number of rotatable bonds is 5. The minimum atomic E-state index is -5.08. The predicted molar refractivity (Wildman–Crippen MR) is 118 cm³/mol. The van der Waals surface area contributed by atoms with E-state index in [1.165, 1.54) is 0 Å². The topological polar surface area (TPSA) is 88.1 Å². The minimum Gasteiger partial charge on any atom is -0.493 e. The predicted octanol–water partition coefficient (Wildman–Crippen LogP) is 4.25. The summed E-state index contributed by atoms with van der Waals surface area (Å²) in [6.07, 6.45) is -3.27. The van der Waals surface area contributed by atoms with Crippen molar-refractivity contribution in [2.75, 3.05) is 14.2 Å². The third-order valence-corrected chi connectivity index (χ3v) is 5.23. The normalized spacial score (nSPS) is 17.9. The molecule has 1 amide bonds. The number of carboxylic acids is 1. The highest BCUT2D eigenvalue weighted by atomic mass is 19.4. The number of nitrogens with zero attached hydrogens (tertiary/aromatic N) is 1. The second-order valence-corrected chi connectivity index (χ2v) is 9.94. The second-order valence-electron chi connectivity index (χ2n) is 9.94. The average molecular weight is 477 g/mol. The van der Waals surface area contributed by atoms with E-state index < -0.39 is 17.7 Å². The number of hydrogen-bond acceptors (Lipinski definition) is 5. The van der Waals surface area contributed by atoms with E-state index in [0.29, 0.717) is 11.5 Å². The number of piperidine rings is 1. The van der Waals surface area contributed by atoms with Crippen molar-refractivity contribution in [2.24, 2.45) is 0 Å². The van der Waals surface area contributed by atoms with Crippen LogP contribution in [-0.4, -0.2) is 64.9 Å². The molecule has 1 aromatic rings. The molecule has 33 heavy (non-hydrogen) atoms. The highest BCUT2D eigenvalue weighted by Crippen LogP contribution is 2.34. The lowest BCUT2D eigenvalue weighted by Crippen LogP contribution is -2.63. The van der Waals surface area contributed by atoms with Crippen LogP contribution in [0.1, 0.15) is 54.4 Å². The standard InChI is InChI=1S/C21H34N2O3.C2HF3O2/c1-19(2)13-15(14-20(3,4)22-19)23(7)18(24)21(5,6)26-17-12-10-9-11-16(17)25-8;3-2(4,5)1(6)7/h9-12,15,22H,13-14H2,1-8H3;(H,6,7). The molecule has 2 N–H and O–H groups in total. The van der Waals surface area contributed by atoms with Crippen molar-refractivity contribution in [1.29, 1.82) is 0 Å². The number of halogens is 3. The number of methoxy groups -OCH3 is 1. The quantitative estimate of drug-likeness (QED) is 0.661. The van der Waals surface area contributed by atoms with E-state index in [1.807, 2.05) is 50.1 Å². The number of carboxylic acid groups (broad SMARTS) is 1. The monoisotopic (exact) mass is 476 g/mol. The third kappa shape index (κ3) is 8.42. The van der Waals surface area contributed by atoms with Crippen LogP contribution in [0.4, 0.5) is 13.2 Å². The van der Waals surface area contributed by atoms with Gasteiger partial charge in [0, 0.05) is 24.2 Å². The van der Waals surface area contributed by atoms with Crippen LogP contribution in [0.25, 0.3) is 0 Å². The maximum atomic E-state index is 13.2. The van der Waals surface area contributed by atoms with Gasteiger partial charge in [-0.3, -0.25) is 4.79 Å². The Kier molecular flexibility index (Phi) is 8.82. The van der Waals surface area contributed by atoms with Gasteiger partial charge in [-0.15, -0.1) is 0 Å². The number of para-hydroxylation sites is 2. The van der Waals surface area contributed by atoms with E-state index >= 15 is 0 Å². The van der Waals surface area contributed by atoms with Crippen LogP contribution in [0.2, 0.25) is 0 Å². The summed E-state index contributed by atoms with van der Waals surface area (Å²) in [5.74, 6) is -1.58. The molecule has 0 atom stereocenters. The number of ether oxygens (including phenoxy) is 2. The van der Waals surface area contributed by atoms with Gasteiger partial charge in [-0.2, -0.15) is 13.2 Å². The van der Waals surface area contributed by atoms with Crippen LogP contribution >= 0.6 is 0 Å². The van der Waals surface area contributed by atoms with Crippen molar-refractivity contribution >= 4 is 11.9 Å². The lowest BCUT2D eigenvalue weighted by Gasteiger charge is -2.49. The fourth-order valence-corrected chi connectivity index (χ4v) is 4.15. The van der Waals surface area contributed by atoms with Crippen molar-refractivity contribution in [2.45, 2.75) is 83.3 Å². The van der Waals surface area contributed by atoms with E-state index in [1.54, 1.807) is 7.11 Å². The van der Waals surface area contributed by atoms with E-state index in [4.69, 9.17) is 19.4 Å². The lowest BCUT2D eigenvalue weighted by atomic mass is 9.79. The Balaban J connectivity index is 0.000000675. The fraction of sp³-hybridized carbons (Fsp3) is 0.652. The van der Waals surface area contributed by atoms with Crippen molar-refractivity contribution in [3.8, 4) is 11.5 Å². The first-order chi connectivity index (χ1) is 14.8. The number of nitrogens with one attached hydrogen (secondary N) is 1. The number of carbonyl (C=O) groups excluding carboxylic acids is 1. The molecule has 0 aromatic heterocycles. The van der Waals surface area contributed by atoms with Crippen LogP contribution in [0.5, 0.6) is 11.5 Å². The molecule has 0 bridgehead atoms. The molecule has 1 aromatic carbocycles. The molecule has 7 nitrogen and oxygen atoms in total. The highest BCUT2D eigenvalue weighted by molar-refractivity contribution is 5.85. The SMILES string of the molecule is COc1ccccc1OC(C)(C)C(=O)N(C)C1CC(C)(C)NC(C)(C)C1.O=C(O)C(F)(F)F. The molecular weight excluding hydrogens is 441 g/mol. The lowest BCUT2D eigenvalue weighted by molar-refractivity contribution is -0.192. The molecule has 0 radical (unpaired) electrons. The maximum Gasteiger partial charge on any atom is 0.490 e. The van der Waals surface area contributed by atoms with E-state index in [0.717, 1.165) is 12.8 Å². The highest BCUT2D eigenvalue weighted by Gasteiger charge is 2.43. The first-order valence-corrected chi connectivity index (χ1v) is 10.5. The van der Waals surface area contributed by atoms with E-state index in [9.17, 15) is 18.0 Å². The van der Waals surface area contributed by atoms with Crippen molar-refractivity contribution in [3.63, 3.8) is 0 Å². The molecule has 10 heteroatoms. The van der Waals surface area contributed by atoms with E-state index in [-0.39, 0.29) is 23.0 Å². The number of benzene rings is 1. The zero-order chi connectivity index (χ0) is 25.8. The maximum absolute atomic E-state index is 13.2. The van der Waals surface area contributed by atoms with Crippen molar-refractivity contribution < 1.29 is 37.3 Å². The molecule has 1 saturated heterocycles. The van der Waals surface area contributed by atoms with Gasteiger partial charge >= 0.3 is 12.1 Å². The summed E-state index contributed by atoms with van der Waals surface area (Å²) in [6.45, 7) is 12.4. The van der Waals surface area contributed by atoms with Crippen LogP contribution in [0.15, 0.2) is 24.3 Å². The Morgan fingerprint density at radius 1 is 1.06 bits per heavy atom. The van der Waals surface area contributed by atoms with Crippen LogP contribution in [-0.2, 0) is 9.59 Å². The molecular formula is C23H35F3N2O5. The van der Waals surface area contributed by atoms with Gasteiger partial charge in [0.25, 0.3) is 5.91 Å². The average Bonchev–Trinajstić information content (AvgIpc) is 2.64. The van der Waals surface area contributed by atoms with Gasteiger partial charge in [-0.25, -0.2) is 4.79 Å². The molecule has 0 spiro atoms. The summed E-state index contributed by atoms with van der Waals surface area (Å²) >= 11 is 0. The number of amides is 1. The summed E-state index contributed by atoms with van der Waals surface area (Å²) in [5, 5.41) is 10.8. The van der Waals surface area contributed by atoms with Crippen LogP contribution < -0.4 is 14.8 Å². The summed E-state index contributed by atoms with van der Waals surface area (Å²) in [5.41, 5.74) is -1.02. The Morgan fingerprint density at radius 3 is 1.88 bits per heavy atom. The van der Waals surface area contributed by atoms with Crippen molar-refractivity contribution in [3.05, 3.63) is 24.3 Å². The summed E-state index contributed by atoms with van der Waals surface area (Å²) < 4.78 is 43.2. The molecule has 2 rings (SSSR count). The van der Waals surface area contributed by atoms with Crippen LogP contribution in [0.3, 0.4) is 0 Å². The molecule has 0 unspecified atom stereocenters. The Hall–Kier alpha value is -2.49. The van der Waals surface area contributed by atoms with Gasteiger partial charge in [0.15, 0.2) is 17.1 Å². The van der Waals surface area contributed by atoms with Crippen molar-refractivity contribution in [1.82, 2.24) is 10.2 Å². The minimum absolute atomic E-state index is 0.0192. The van der Waals surface area contributed by atoms with Gasteiger partial charge in [-0.1, -0.05) is 12.1 Å². The van der Waals surface area contributed by atoms with E-state index in [2.05, 4.69) is 33.0 Å². The van der Waals surface area contributed by atoms with Gasteiger partial charge in [0.05, 0.1) is 7.11 Å². The number of aliphatic carboxylic acids is 1. The number of hydrogen-bond donors (Lipinski definition) is 2. The largest absolute Gasteiger partial charge is 0.493 e. The van der Waals surface area contributed by atoms with Gasteiger partial charge in [-0.05, 0) is 66.5 Å². The number of likely N-dealkylation sites (N-methyl/N-ethyl adjacent to an activating group) is 1. The molecule has 1 aliphatic heterocycles. The van der Waals surface area contributed by atoms with Gasteiger partial charge < -0.3 is 24.8 Å². The summed E-state index contributed by atoms with van der Waals surface area (Å²) in [7, 11) is 3.49. The number of alkyl halides is 3. The van der Waals surface area contributed by atoms with Gasteiger partial charge in [0.2, 0.25) is 0 Å². The second kappa shape index (κ2) is 10.2. The molecule has 1 fully saturated rings. The Labute approximate surface area is 193 Å². The smallest absolute Gasteiger partial charge is 0.490 e. The first kappa shape index (κ1) is 28.5. The summed E-state index contributed by atoms with van der Waals surface area (Å²) in [6, 6.07) is 7.57. The van der Waals surface area contributed by atoms with Crippen LogP contribution in [0, 0.1) is 0 Å². The molecule has 1 aliphatic rings. The molecule has 1 heterocycles.